The van der Waals surface area contributed by atoms with E-state index < -0.39 is 8.80 Å². The van der Waals surface area contributed by atoms with Gasteiger partial charge >= 0.3 is 31.8 Å². The smallest absolute Gasteiger partial charge is 0.489 e. The zero-order chi connectivity index (χ0) is 64.2. The maximum Gasteiger partial charge on any atom is 2.00 e. The molecule has 9 rings (SSSR count). The normalized spacial score (nSPS) is 12.7. The zero-order valence-electron chi connectivity index (χ0n) is 56.1. The largest absolute Gasteiger partial charge is 2.00 e. The van der Waals surface area contributed by atoms with Crippen LogP contribution in [0.15, 0.2) is 66.7 Å². The Bertz CT molecular complexity index is 3760. The van der Waals surface area contributed by atoms with Crippen LogP contribution >= 0.6 is 0 Å². The molecule has 2 aliphatic rings. The van der Waals surface area contributed by atoms with Gasteiger partial charge in [-0.05, 0) is 101 Å². The molecule has 7 aromatic rings. The Hall–Kier alpha value is -6.51. The quantitative estimate of drug-likeness (QED) is 0.0275. The van der Waals surface area contributed by atoms with Crippen molar-refractivity contribution in [2.45, 2.75) is 161 Å². The van der Waals surface area contributed by atoms with Gasteiger partial charge in [-0.25, -0.2) is 9.97 Å². The van der Waals surface area contributed by atoms with Crippen molar-refractivity contribution in [2.75, 3.05) is 34.4 Å². The van der Waals surface area contributed by atoms with Gasteiger partial charge in [-0.1, -0.05) is 153 Å². The fourth-order valence-corrected chi connectivity index (χ4v) is 14.4. The van der Waals surface area contributed by atoms with Crippen LogP contribution in [0.4, 0.5) is 0 Å². The molecule has 487 valence electrons. The van der Waals surface area contributed by atoms with Gasteiger partial charge in [-0.3, -0.25) is 4.79 Å². The number of nitrogens with one attached hydrogen (secondary N) is 1. The maximum atomic E-state index is 13.8. The number of hydrogen-bond acceptors (Lipinski definition) is 16. The molecule has 5 heterocycles. The van der Waals surface area contributed by atoms with Crippen LogP contribution in [0.3, 0.4) is 0 Å². The van der Waals surface area contributed by atoms with Gasteiger partial charge in [0.1, 0.15) is 54.0 Å². The van der Waals surface area contributed by atoms with Gasteiger partial charge in [0.05, 0.1) is 40.8 Å². The molecule has 18 nitrogen and oxygen atoms in total. The number of esters is 1. The van der Waals surface area contributed by atoms with E-state index in [4.69, 9.17) is 76.8 Å². The predicted octanol–water partition coefficient (Wildman–Crippen LogP) is 14.7. The number of rotatable bonds is 28. The molecule has 90 heavy (non-hydrogen) atoms. The summed E-state index contributed by atoms with van der Waals surface area (Å²) >= 11 is 0. The summed E-state index contributed by atoms with van der Waals surface area (Å²) in [7, 11) is 2.08. The average Bonchev–Trinajstić information content (AvgIpc) is 1.60. The van der Waals surface area contributed by atoms with Gasteiger partial charge in [0, 0.05) is 78.4 Å². The molecule has 8 bridgehead atoms. The van der Waals surface area contributed by atoms with Crippen molar-refractivity contribution in [3.63, 3.8) is 0 Å². The van der Waals surface area contributed by atoms with Crippen LogP contribution in [0.5, 0.6) is 23.0 Å². The second-order valence-corrected chi connectivity index (χ2v) is 29.4. The Morgan fingerprint density at radius 2 is 0.856 bits per heavy atom. The van der Waals surface area contributed by atoms with E-state index in [9.17, 15) is 4.79 Å². The van der Waals surface area contributed by atoms with Gasteiger partial charge in [0.15, 0.2) is 0 Å². The van der Waals surface area contributed by atoms with Crippen molar-refractivity contribution in [1.29, 1.82) is 0 Å². The minimum absolute atomic E-state index is 0. The minimum Gasteiger partial charge on any atom is -0.489 e. The topological polar surface area (TPSA) is 208 Å². The molecule has 2 aliphatic heterocycles. The molecule has 0 fully saturated rings. The molecule has 3 aromatic heterocycles. The number of ether oxygens (including phenoxy) is 5. The van der Waals surface area contributed by atoms with Crippen molar-refractivity contribution >= 4 is 58.9 Å². The van der Waals surface area contributed by atoms with Gasteiger partial charge in [0.25, 0.3) is 0 Å². The van der Waals surface area contributed by atoms with Crippen molar-refractivity contribution < 1.29 is 58.8 Å². The molecule has 0 atom stereocenters. The number of nitrogens with zero attached hydrogens (tertiary/aromatic N) is 8. The zero-order valence-corrected chi connectivity index (χ0v) is 58.0. The summed E-state index contributed by atoms with van der Waals surface area (Å²) in [6, 6.07) is 22.3. The number of hydrogen-bond donors (Lipinski definition) is 1. The molecule has 20 heteroatoms. The van der Waals surface area contributed by atoms with Gasteiger partial charge < -0.3 is 72.2 Å². The van der Waals surface area contributed by atoms with Crippen LogP contribution in [-0.2, 0) is 46.5 Å². The Balaban J connectivity index is 0.0000105. The monoisotopic (exact) mass is 1290 g/mol. The molecular weight excluding hydrogens is 1200 g/mol. The third kappa shape index (κ3) is 14.9. The van der Waals surface area contributed by atoms with E-state index in [1.54, 1.807) is 21.3 Å². The summed E-state index contributed by atoms with van der Waals surface area (Å²) in [6.45, 7) is 35.6. The third-order valence-corrected chi connectivity index (χ3v) is 19.7. The summed E-state index contributed by atoms with van der Waals surface area (Å²) in [5.74, 6) is 4.64. The van der Waals surface area contributed by atoms with Crippen molar-refractivity contribution in [2.24, 2.45) is 47.3 Å². The second-order valence-electron chi connectivity index (χ2n) is 26.3. The minimum atomic E-state index is -2.73. The standard InChI is InChI=1S/C70H93N9O9Si.Cu/c1-37(2)59(38(3)4)85-49-27-20-24-46-55(49)67-72-63(46)73-68-56-47(25-21-28-50(56)86-60(39(5)6)40(7)8)65(75-68)77-70-58-52(88-62(43(13)14)44(15)16)31-30-45(36-84-53(80)32-34-71-33-23-35-89(81-17,82-18)83-19)54(58)66(79-70)78-69-57-48(64(74-67)76-69)26-22-29-51(57)87-61(41(9)10)42(11)12;/h20-22,24-31,37-44,59-62,71H,23,32-36H2,1-19H3;/q-2;+2. The van der Waals surface area contributed by atoms with E-state index in [2.05, 4.69) is 116 Å². The molecule has 0 spiro atoms. The Morgan fingerprint density at radius 3 is 1.33 bits per heavy atom. The Kier molecular flexibility index (Phi) is 23.0. The molecule has 0 saturated carbocycles. The molecular formula is C70H93CuN9O9Si. The number of benzene rings is 4. The Labute approximate surface area is 543 Å². The predicted molar refractivity (Wildman–Crippen MR) is 354 cm³/mol. The fourth-order valence-electron chi connectivity index (χ4n) is 12.7. The van der Waals surface area contributed by atoms with Crippen LogP contribution in [0.1, 0.15) is 129 Å². The van der Waals surface area contributed by atoms with E-state index in [0.717, 1.165) is 12.0 Å². The number of aromatic nitrogens is 8. The van der Waals surface area contributed by atoms with Crippen molar-refractivity contribution in [3.8, 4) is 68.5 Å². The van der Waals surface area contributed by atoms with Crippen molar-refractivity contribution in [1.82, 2.24) is 45.2 Å². The summed E-state index contributed by atoms with van der Waals surface area (Å²) in [5.41, 5.74) is 4.54. The SMILES string of the molecule is CO[Si](CCCNCCC(=O)OCc1ccc(OC(C(C)C)C(C)C)c2c1-c1nc-2nc2[n-]c(nc3nc(nc4[n-]c(n1)c1c(OC(C(C)C)C(C)C)cccc41)-c1c(OC(C(C)C)C(C)C)cccc1-3)c1c(OC(C(C)C)C(C)C)cccc21)(OC)OC.[Cu+2]. The maximum absolute atomic E-state index is 13.8. The second kappa shape index (κ2) is 29.8. The van der Waals surface area contributed by atoms with Crippen LogP contribution in [0, 0.1) is 47.3 Å². The van der Waals surface area contributed by atoms with Crippen LogP contribution < -0.4 is 34.2 Å². The van der Waals surface area contributed by atoms with Gasteiger partial charge in [0.2, 0.25) is 0 Å². The first-order chi connectivity index (χ1) is 42.5. The van der Waals surface area contributed by atoms with Gasteiger partial charge in [-0.2, -0.15) is 0 Å². The molecule has 0 unspecified atom stereocenters. The number of carbonyl (C=O) groups excluding carboxylic acids is 1. The first kappa shape index (κ1) is 69.4. The fraction of sp³-hybridized carbons (Fsp3) is 0.529. The first-order valence-electron chi connectivity index (χ1n) is 31.9. The van der Waals surface area contributed by atoms with E-state index in [-0.39, 0.29) is 119 Å². The van der Waals surface area contributed by atoms with Gasteiger partial charge in [-0.15, -0.1) is 0 Å². The Morgan fingerprint density at radius 1 is 0.456 bits per heavy atom. The third-order valence-electron chi connectivity index (χ3n) is 16.8. The number of fused-ring (bicyclic) bond motifs is 20. The molecule has 1 radical (unpaired) electrons. The summed E-state index contributed by atoms with van der Waals surface area (Å²) < 4.78 is 51.3. The molecule has 1 N–H and O–H groups in total. The van der Waals surface area contributed by atoms with E-state index in [1.807, 2.05) is 66.7 Å². The summed E-state index contributed by atoms with van der Waals surface area (Å²) in [6.07, 6.45) is 0.221. The van der Waals surface area contributed by atoms with E-state index in [0.29, 0.717) is 120 Å². The molecule has 0 saturated heterocycles. The van der Waals surface area contributed by atoms with Crippen LogP contribution in [0.2, 0.25) is 6.04 Å². The van der Waals surface area contributed by atoms with E-state index >= 15 is 0 Å². The average molecular weight is 1300 g/mol. The molecule has 4 aromatic carbocycles. The summed E-state index contributed by atoms with van der Waals surface area (Å²) in [4.78, 5) is 57.2. The first-order valence-corrected chi connectivity index (χ1v) is 33.9. The summed E-state index contributed by atoms with van der Waals surface area (Å²) in [5, 5.41) is 6.05. The van der Waals surface area contributed by atoms with Crippen LogP contribution in [-0.4, -0.2) is 104 Å². The van der Waals surface area contributed by atoms with E-state index in [1.165, 1.54) is 0 Å². The molecule has 0 amide bonds. The number of carbonyl (C=O) groups is 1. The van der Waals surface area contributed by atoms with Crippen molar-refractivity contribution in [3.05, 3.63) is 72.3 Å². The van der Waals surface area contributed by atoms with Crippen LogP contribution in [0.25, 0.3) is 89.7 Å². The molecule has 0 aliphatic carbocycles.